The summed E-state index contributed by atoms with van der Waals surface area (Å²) >= 11 is 17.9. The number of halogens is 3. The van der Waals surface area contributed by atoms with Crippen LogP contribution < -0.4 is 10.7 Å². The Kier molecular flexibility index (Phi) is 6.55. The number of furan rings is 1. The van der Waals surface area contributed by atoms with Gasteiger partial charge < -0.3 is 9.73 Å². The van der Waals surface area contributed by atoms with E-state index in [1.165, 1.54) is 12.1 Å². The molecule has 6 nitrogen and oxygen atoms in total. The van der Waals surface area contributed by atoms with Crippen LogP contribution in [0.2, 0.25) is 15.1 Å². The molecule has 2 N–H and O–H groups in total. The van der Waals surface area contributed by atoms with E-state index in [-0.39, 0.29) is 22.3 Å². The van der Waals surface area contributed by atoms with Crippen LogP contribution in [0.4, 0.5) is 5.69 Å². The van der Waals surface area contributed by atoms with Crippen molar-refractivity contribution in [2.24, 2.45) is 5.10 Å². The molecule has 0 spiro atoms. The van der Waals surface area contributed by atoms with E-state index in [9.17, 15) is 9.59 Å². The number of hydrogen-bond donors (Lipinski definition) is 2. The van der Waals surface area contributed by atoms with Gasteiger partial charge in [0.15, 0.2) is 5.76 Å². The first-order chi connectivity index (χ1) is 15.3. The van der Waals surface area contributed by atoms with Gasteiger partial charge in [-0.1, -0.05) is 34.8 Å². The number of carbonyl (C=O) groups is 2. The molecule has 0 fully saturated rings. The number of hydrazone groups is 1. The van der Waals surface area contributed by atoms with Crippen molar-refractivity contribution in [3.05, 3.63) is 85.7 Å². The maximum Gasteiger partial charge on any atom is 0.291 e. The van der Waals surface area contributed by atoms with Crippen LogP contribution in [0.5, 0.6) is 0 Å². The standard InChI is InChI=1S/C23H18Cl3N3O3/c1-12-20-18(28-29-22(30)16-10-7-14(25)11-17(16)26)3-2-4-19(20)32-21(12)23(31)27-15-8-5-13(24)6-9-15/h5-11H,2-4H2,1H3,(H,27,31)(H,29,30)/b28-18+. The summed E-state index contributed by atoms with van der Waals surface area (Å²) in [6, 6.07) is 11.4. The Labute approximate surface area is 199 Å². The Bertz CT molecular complexity index is 1230. The van der Waals surface area contributed by atoms with E-state index in [2.05, 4.69) is 15.8 Å². The average molecular weight is 491 g/mol. The monoisotopic (exact) mass is 489 g/mol. The SMILES string of the molecule is Cc1c(C(=O)Nc2ccc(Cl)cc2)oc2c1/C(=N/NC(=O)c1ccc(Cl)cc1Cl)CCC2. The van der Waals surface area contributed by atoms with Crippen LogP contribution >= 0.6 is 34.8 Å². The fourth-order valence-electron chi connectivity index (χ4n) is 3.57. The van der Waals surface area contributed by atoms with E-state index < -0.39 is 5.91 Å². The number of carbonyl (C=O) groups excluding carboxylic acids is 2. The summed E-state index contributed by atoms with van der Waals surface area (Å²) in [6.45, 7) is 1.80. The highest BCUT2D eigenvalue weighted by atomic mass is 35.5. The second kappa shape index (κ2) is 9.36. The zero-order valence-corrected chi connectivity index (χ0v) is 19.2. The number of nitrogens with one attached hydrogen (secondary N) is 2. The maximum absolute atomic E-state index is 12.8. The first kappa shape index (κ1) is 22.4. The van der Waals surface area contributed by atoms with Crippen molar-refractivity contribution in [2.75, 3.05) is 5.32 Å². The largest absolute Gasteiger partial charge is 0.455 e. The zero-order valence-electron chi connectivity index (χ0n) is 17.0. The number of fused-ring (bicyclic) bond motifs is 1. The Balaban J connectivity index is 1.56. The highest BCUT2D eigenvalue weighted by Crippen LogP contribution is 2.30. The maximum atomic E-state index is 12.8. The number of amides is 2. The topological polar surface area (TPSA) is 83.7 Å². The molecule has 0 bridgehead atoms. The normalized spacial score (nSPS) is 14.2. The first-order valence-electron chi connectivity index (χ1n) is 9.85. The van der Waals surface area contributed by atoms with Crippen molar-refractivity contribution < 1.29 is 14.0 Å². The van der Waals surface area contributed by atoms with Crippen molar-refractivity contribution in [1.82, 2.24) is 5.43 Å². The van der Waals surface area contributed by atoms with Crippen LogP contribution in [-0.4, -0.2) is 17.5 Å². The van der Waals surface area contributed by atoms with Gasteiger partial charge in [0.25, 0.3) is 11.8 Å². The van der Waals surface area contributed by atoms with E-state index in [4.69, 9.17) is 39.2 Å². The lowest BCUT2D eigenvalue weighted by molar-refractivity contribution is 0.0953. The molecule has 2 aromatic carbocycles. The fraction of sp³-hybridized carbons (Fsp3) is 0.174. The van der Waals surface area contributed by atoms with Crippen molar-refractivity contribution >= 4 is 58.0 Å². The average Bonchev–Trinajstić information content (AvgIpc) is 3.11. The van der Waals surface area contributed by atoms with Gasteiger partial charge in [-0.3, -0.25) is 9.59 Å². The molecule has 4 rings (SSSR count). The third kappa shape index (κ3) is 4.67. The first-order valence-corrected chi connectivity index (χ1v) is 11.0. The molecule has 1 aliphatic rings. The van der Waals surface area contributed by atoms with Crippen molar-refractivity contribution in [3.8, 4) is 0 Å². The van der Waals surface area contributed by atoms with Crippen molar-refractivity contribution in [2.45, 2.75) is 26.2 Å². The predicted octanol–water partition coefficient (Wildman–Crippen LogP) is 6.27. The Morgan fingerprint density at radius 1 is 0.969 bits per heavy atom. The van der Waals surface area contributed by atoms with Crippen molar-refractivity contribution in [3.63, 3.8) is 0 Å². The van der Waals surface area contributed by atoms with E-state index in [1.807, 2.05) is 0 Å². The summed E-state index contributed by atoms with van der Waals surface area (Å²) in [7, 11) is 0. The highest BCUT2D eigenvalue weighted by Gasteiger charge is 2.28. The molecule has 0 atom stereocenters. The van der Waals surface area contributed by atoms with E-state index in [0.717, 1.165) is 12.0 Å². The fourth-order valence-corrected chi connectivity index (χ4v) is 4.19. The van der Waals surface area contributed by atoms with Crippen LogP contribution in [-0.2, 0) is 6.42 Å². The molecule has 2 amide bonds. The highest BCUT2D eigenvalue weighted by molar-refractivity contribution is 6.36. The Morgan fingerprint density at radius 2 is 1.69 bits per heavy atom. The molecule has 1 aromatic heterocycles. The lowest BCUT2D eigenvalue weighted by Gasteiger charge is -2.13. The van der Waals surface area contributed by atoms with Gasteiger partial charge in [0.2, 0.25) is 0 Å². The second-order valence-electron chi connectivity index (χ2n) is 7.29. The molecule has 0 radical (unpaired) electrons. The molecule has 1 aliphatic carbocycles. The summed E-state index contributed by atoms with van der Waals surface area (Å²) < 4.78 is 5.88. The minimum Gasteiger partial charge on any atom is -0.455 e. The van der Waals surface area contributed by atoms with E-state index >= 15 is 0 Å². The van der Waals surface area contributed by atoms with Crippen molar-refractivity contribution in [1.29, 1.82) is 0 Å². The minimum atomic E-state index is -0.451. The molecule has 9 heteroatoms. The zero-order chi connectivity index (χ0) is 22.8. The molecule has 3 aromatic rings. The van der Waals surface area contributed by atoms with E-state index in [0.29, 0.717) is 45.6 Å². The summed E-state index contributed by atoms with van der Waals surface area (Å²) in [5, 5.41) is 8.37. The van der Waals surface area contributed by atoms with Crippen LogP contribution in [0.1, 0.15) is 50.6 Å². The third-order valence-corrected chi connectivity index (χ3v) is 5.90. The number of benzene rings is 2. The van der Waals surface area contributed by atoms with E-state index in [1.54, 1.807) is 37.3 Å². The molecule has 32 heavy (non-hydrogen) atoms. The molecular weight excluding hydrogens is 473 g/mol. The van der Waals surface area contributed by atoms with Gasteiger partial charge in [-0.05, 0) is 62.2 Å². The van der Waals surface area contributed by atoms with Crippen LogP contribution in [0.25, 0.3) is 0 Å². The summed E-state index contributed by atoms with van der Waals surface area (Å²) in [5.74, 6) is 0.0721. The number of anilines is 1. The van der Waals surface area contributed by atoms with Gasteiger partial charge in [-0.25, -0.2) is 5.43 Å². The van der Waals surface area contributed by atoms with Crippen LogP contribution in [0, 0.1) is 6.92 Å². The summed E-state index contributed by atoms with van der Waals surface area (Å²) in [4.78, 5) is 25.3. The number of rotatable bonds is 4. The number of aryl methyl sites for hydroxylation is 1. The Hall–Kier alpha value is -2.80. The number of nitrogens with zero attached hydrogens (tertiary/aromatic N) is 1. The van der Waals surface area contributed by atoms with Crippen LogP contribution in [0.15, 0.2) is 52.0 Å². The van der Waals surface area contributed by atoms with Gasteiger partial charge in [0.1, 0.15) is 5.76 Å². The number of hydrogen-bond acceptors (Lipinski definition) is 4. The predicted molar refractivity (Wildman–Crippen MR) is 126 cm³/mol. The smallest absolute Gasteiger partial charge is 0.291 e. The quantitative estimate of drug-likeness (QED) is 0.423. The molecule has 1 heterocycles. The Morgan fingerprint density at radius 3 is 2.41 bits per heavy atom. The van der Waals surface area contributed by atoms with Crippen LogP contribution in [0.3, 0.4) is 0 Å². The molecule has 0 saturated heterocycles. The lowest BCUT2D eigenvalue weighted by atomic mass is 9.93. The molecule has 0 saturated carbocycles. The summed E-state index contributed by atoms with van der Waals surface area (Å²) in [5.41, 5.74) is 5.49. The molecule has 0 unspecified atom stereocenters. The molecule has 164 valence electrons. The molecule has 0 aliphatic heterocycles. The van der Waals surface area contributed by atoms with Gasteiger partial charge in [0.05, 0.1) is 16.3 Å². The van der Waals surface area contributed by atoms with Gasteiger partial charge >= 0.3 is 0 Å². The van der Waals surface area contributed by atoms with Gasteiger partial charge in [-0.15, -0.1) is 0 Å². The third-order valence-electron chi connectivity index (χ3n) is 5.10. The van der Waals surface area contributed by atoms with Gasteiger partial charge in [-0.2, -0.15) is 5.10 Å². The lowest BCUT2D eigenvalue weighted by Crippen LogP contribution is -2.22. The van der Waals surface area contributed by atoms with Gasteiger partial charge in [0, 0.05) is 33.3 Å². The second-order valence-corrected chi connectivity index (χ2v) is 8.57. The minimum absolute atomic E-state index is 0.214. The summed E-state index contributed by atoms with van der Waals surface area (Å²) in [6.07, 6.45) is 2.11. The molecular formula is C23H18Cl3N3O3.